The van der Waals surface area contributed by atoms with Crippen molar-refractivity contribution in [1.82, 2.24) is 15.4 Å². The van der Waals surface area contributed by atoms with Crippen LogP contribution in [-0.4, -0.2) is 28.5 Å². The van der Waals surface area contributed by atoms with E-state index in [4.69, 9.17) is 0 Å². The molecule has 2 N–H and O–H groups in total. The molecular weight excluding hydrogens is 353 g/mol. The second-order valence-corrected chi connectivity index (χ2v) is 5.07. The van der Waals surface area contributed by atoms with Gasteiger partial charge in [-0.2, -0.15) is 13.2 Å². The number of alkyl halides is 3. The summed E-state index contributed by atoms with van der Waals surface area (Å²) in [6.07, 6.45) is -4.21. The number of aryl methyl sites for hydroxylation is 1. The van der Waals surface area contributed by atoms with Crippen molar-refractivity contribution in [2.24, 2.45) is 0 Å². The van der Waals surface area contributed by atoms with Crippen molar-refractivity contribution in [2.45, 2.75) is 20.0 Å². The highest BCUT2D eigenvalue weighted by atomic mass is 19.4. The third-order valence-corrected chi connectivity index (χ3v) is 3.23. The Morgan fingerprint density at radius 1 is 1.19 bits per heavy atom. The minimum atomic E-state index is -4.90. The van der Waals surface area contributed by atoms with Crippen LogP contribution in [0.1, 0.15) is 38.9 Å². The molecule has 0 aliphatic carbocycles. The predicted molar refractivity (Wildman–Crippen MR) is 85.3 cm³/mol. The molecule has 0 spiro atoms. The number of amides is 1. The third kappa shape index (κ3) is 4.47. The maximum absolute atomic E-state index is 13.1. The van der Waals surface area contributed by atoms with Crippen molar-refractivity contribution in [2.75, 3.05) is 12.0 Å². The largest absolute Gasteiger partial charge is 0.462 e. The van der Waals surface area contributed by atoms with E-state index >= 15 is 0 Å². The van der Waals surface area contributed by atoms with Crippen molar-refractivity contribution >= 4 is 17.8 Å². The van der Waals surface area contributed by atoms with Crippen LogP contribution in [0.15, 0.2) is 30.5 Å². The van der Waals surface area contributed by atoms with Crippen LogP contribution in [0.4, 0.5) is 19.1 Å². The molecule has 1 heterocycles. The van der Waals surface area contributed by atoms with Gasteiger partial charge in [-0.15, -0.1) is 0 Å². The van der Waals surface area contributed by atoms with Gasteiger partial charge in [-0.1, -0.05) is 18.2 Å². The van der Waals surface area contributed by atoms with Crippen LogP contribution < -0.4 is 10.9 Å². The monoisotopic (exact) mass is 368 g/mol. The first-order valence-electron chi connectivity index (χ1n) is 7.47. The molecule has 0 bridgehead atoms. The normalized spacial score (nSPS) is 11.0. The quantitative estimate of drug-likeness (QED) is 0.623. The van der Waals surface area contributed by atoms with E-state index in [0.29, 0.717) is 17.3 Å². The van der Waals surface area contributed by atoms with Crippen molar-refractivity contribution in [1.29, 1.82) is 0 Å². The van der Waals surface area contributed by atoms with E-state index in [1.54, 1.807) is 31.2 Å². The molecule has 0 saturated heterocycles. The molecule has 0 fully saturated rings. The fourth-order valence-electron chi connectivity index (χ4n) is 2.02. The molecule has 26 heavy (non-hydrogen) atoms. The average molecular weight is 368 g/mol. The zero-order valence-corrected chi connectivity index (χ0v) is 13.8. The summed E-state index contributed by atoms with van der Waals surface area (Å²) >= 11 is 0. The van der Waals surface area contributed by atoms with Crippen molar-refractivity contribution < 1.29 is 27.5 Å². The topological polar surface area (TPSA) is 93.2 Å². The van der Waals surface area contributed by atoms with Gasteiger partial charge in [0.25, 0.3) is 5.91 Å². The molecule has 0 unspecified atom stereocenters. The van der Waals surface area contributed by atoms with E-state index in [2.05, 4.69) is 25.6 Å². The van der Waals surface area contributed by atoms with Gasteiger partial charge in [0, 0.05) is 11.8 Å². The second kappa shape index (κ2) is 7.81. The Balaban J connectivity index is 2.21. The van der Waals surface area contributed by atoms with E-state index in [1.165, 1.54) is 6.92 Å². The fourth-order valence-corrected chi connectivity index (χ4v) is 2.02. The van der Waals surface area contributed by atoms with Crippen LogP contribution in [0.3, 0.4) is 0 Å². The Kier molecular flexibility index (Phi) is 5.75. The number of benzene rings is 1. The number of anilines is 1. The van der Waals surface area contributed by atoms with Crippen LogP contribution in [0, 0.1) is 6.92 Å². The molecule has 0 aliphatic rings. The van der Waals surface area contributed by atoms with Crippen molar-refractivity contribution in [3.63, 3.8) is 0 Å². The Morgan fingerprint density at radius 2 is 1.88 bits per heavy atom. The Morgan fingerprint density at radius 3 is 2.50 bits per heavy atom. The molecule has 138 valence electrons. The van der Waals surface area contributed by atoms with Gasteiger partial charge >= 0.3 is 12.1 Å². The van der Waals surface area contributed by atoms with E-state index in [9.17, 15) is 22.8 Å². The number of hydrogen-bond donors (Lipinski definition) is 2. The maximum atomic E-state index is 13.1. The molecule has 1 amide bonds. The number of hydrogen-bond acceptors (Lipinski definition) is 6. The summed E-state index contributed by atoms with van der Waals surface area (Å²) in [5, 5.41) is 0. The highest BCUT2D eigenvalue weighted by molar-refractivity contribution is 5.96. The van der Waals surface area contributed by atoms with Gasteiger partial charge in [-0.05, 0) is 25.5 Å². The van der Waals surface area contributed by atoms with E-state index in [1.807, 2.05) is 0 Å². The Hall–Kier alpha value is -3.17. The van der Waals surface area contributed by atoms with Crippen LogP contribution in [0.25, 0.3) is 0 Å². The highest BCUT2D eigenvalue weighted by Crippen LogP contribution is 2.31. The Bertz CT molecular complexity index is 825. The number of nitrogens with zero attached hydrogens (tertiary/aromatic N) is 2. The number of carbonyl (C=O) groups is 2. The van der Waals surface area contributed by atoms with Gasteiger partial charge in [0.2, 0.25) is 5.95 Å². The van der Waals surface area contributed by atoms with Gasteiger partial charge in [0.1, 0.15) is 5.56 Å². The molecule has 2 aromatic rings. The summed E-state index contributed by atoms with van der Waals surface area (Å²) in [6, 6.07) is 6.65. The number of hydrazine groups is 1. The summed E-state index contributed by atoms with van der Waals surface area (Å²) in [5.41, 5.74) is 3.16. The van der Waals surface area contributed by atoms with Gasteiger partial charge in [0.05, 0.1) is 6.61 Å². The van der Waals surface area contributed by atoms with Crippen molar-refractivity contribution in [3.8, 4) is 0 Å². The zero-order chi connectivity index (χ0) is 19.3. The molecule has 10 heteroatoms. The molecule has 0 saturated carbocycles. The fraction of sp³-hybridized carbons (Fsp3) is 0.250. The molecule has 0 aliphatic heterocycles. The van der Waals surface area contributed by atoms with Crippen LogP contribution in [-0.2, 0) is 10.9 Å². The lowest BCUT2D eigenvalue weighted by Gasteiger charge is -2.13. The molecule has 1 aromatic carbocycles. The van der Waals surface area contributed by atoms with Gasteiger partial charge in [-0.3, -0.25) is 15.6 Å². The number of aromatic nitrogens is 2. The van der Waals surface area contributed by atoms with Crippen LogP contribution >= 0.6 is 0 Å². The highest BCUT2D eigenvalue weighted by Gasteiger charge is 2.38. The Labute approximate surface area is 146 Å². The molecule has 7 nitrogen and oxygen atoms in total. The van der Waals surface area contributed by atoms with Crippen molar-refractivity contribution in [3.05, 3.63) is 52.8 Å². The minimum Gasteiger partial charge on any atom is -0.462 e. The zero-order valence-electron chi connectivity index (χ0n) is 13.8. The minimum absolute atomic E-state index is 0.0946. The van der Waals surface area contributed by atoms with Crippen LogP contribution in [0.2, 0.25) is 0 Å². The van der Waals surface area contributed by atoms with E-state index < -0.39 is 35.3 Å². The summed E-state index contributed by atoms with van der Waals surface area (Å²) in [7, 11) is 0. The standard InChI is InChI=1S/C16H15F3N4O3/c1-3-26-14(25)11-8-20-15(21-12(11)16(17,18)19)23-22-13(24)10-7-5-4-6-9(10)2/h4-8H,3H2,1-2H3,(H,22,24)(H,20,21,23). The second-order valence-electron chi connectivity index (χ2n) is 5.07. The van der Waals surface area contributed by atoms with Crippen LogP contribution in [0.5, 0.6) is 0 Å². The predicted octanol–water partition coefficient (Wildman–Crippen LogP) is 2.74. The summed E-state index contributed by atoms with van der Waals surface area (Å²) in [6.45, 7) is 3.08. The maximum Gasteiger partial charge on any atom is 0.434 e. The number of esters is 1. The SMILES string of the molecule is CCOC(=O)c1cnc(NNC(=O)c2ccccc2C)nc1C(F)(F)F. The van der Waals surface area contributed by atoms with Gasteiger partial charge in [0.15, 0.2) is 5.69 Å². The molecule has 0 radical (unpaired) electrons. The van der Waals surface area contributed by atoms with E-state index in [0.717, 1.165) is 0 Å². The molecule has 0 atom stereocenters. The summed E-state index contributed by atoms with van der Waals surface area (Å²) in [5.74, 6) is -2.28. The number of halogens is 3. The summed E-state index contributed by atoms with van der Waals surface area (Å²) in [4.78, 5) is 30.6. The van der Waals surface area contributed by atoms with E-state index in [-0.39, 0.29) is 6.61 Å². The molecule has 2 rings (SSSR count). The number of ether oxygens (including phenoxy) is 1. The molecule has 1 aromatic heterocycles. The van der Waals surface area contributed by atoms with Gasteiger partial charge < -0.3 is 4.74 Å². The van der Waals surface area contributed by atoms with Gasteiger partial charge in [-0.25, -0.2) is 14.8 Å². The number of rotatable bonds is 5. The lowest BCUT2D eigenvalue weighted by molar-refractivity contribution is -0.141. The number of nitrogens with one attached hydrogen (secondary N) is 2. The average Bonchev–Trinajstić information content (AvgIpc) is 2.59. The number of carbonyl (C=O) groups excluding carboxylic acids is 2. The lowest BCUT2D eigenvalue weighted by atomic mass is 10.1. The lowest BCUT2D eigenvalue weighted by Crippen LogP contribution is -2.31. The first kappa shape index (κ1) is 19.2. The first-order chi connectivity index (χ1) is 12.2. The smallest absolute Gasteiger partial charge is 0.434 e. The third-order valence-electron chi connectivity index (χ3n) is 3.23. The first-order valence-corrected chi connectivity index (χ1v) is 7.47. The molecular formula is C16H15F3N4O3. The summed E-state index contributed by atoms with van der Waals surface area (Å²) < 4.78 is 44.0.